The van der Waals surface area contributed by atoms with Gasteiger partial charge in [-0.2, -0.15) is 0 Å². The maximum Gasteiger partial charge on any atom is 0.320 e. The van der Waals surface area contributed by atoms with Gasteiger partial charge >= 0.3 is 5.97 Å². The fraction of sp³-hybridized carbons (Fsp3) is 0.462. The molecule has 0 N–H and O–H groups in total. The second-order valence-corrected chi connectivity index (χ2v) is 5.26. The minimum atomic E-state index is -0.398. The van der Waals surface area contributed by atoms with Crippen LogP contribution in [0.5, 0.6) is 5.75 Å². The van der Waals surface area contributed by atoms with E-state index in [0.717, 1.165) is 5.56 Å². The molecular formula is C13H17BrFNO3. The lowest BCUT2D eigenvalue weighted by atomic mass is 10.2. The van der Waals surface area contributed by atoms with Crippen molar-refractivity contribution >= 4 is 21.9 Å². The summed E-state index contributed by atoms with van der Waals surface area (Å²) in [4.78, 5) is 12.8. The number of ether oxygens (including phenoxy) is 2. The summed E-state index contributed by atoms with van der Waals surface area (Å²) in [5.74, 6) is -0.496. The van der Waals surface area contributed by atoms with Crippen LogP contribution in [0.2, 0.25) is 0 Å². The van der Waals surface area contributed by atoms with Gasteiger partial charge < -0.3 is 14.4 Å². The Balaban J connectivity index is 2.59. The van der Waals surface area contributed by atoms with Crippen molar-refractivity contribution < 1.29 is 18.7 Å². The third-order valence-electron chi connectivity index (χ3n) is 2.60. The van der Waals surface area contributed by atoms with Gasteiger partial charge in [-0.3, -0.25) is 4.79 Å². The molecule has 0 aromatic heterocycles. The summed E-state index contributed by atoms with van der Waals surface area (Å²) in [6, 6.07) is 4.81. The fourth-order valence-corrected chi connectivity index (χ4v) is 2.34. The molecule has 0 saturated heterocycles. The van der Waals surface area contributed by atoms with Crippen LogP contribution in [-0.2, 0) is 16.1 Å². The maximum absolute atomic E-state index is 13.5. The minimum absolute atomic E-state index is 0.222. The van der Waals surface area contributed by atoms with Crippen molar-refractivity contribution in [2.45, 2.75) is 11.4 Å². The Morgan fingerprint density at radius 2 is 2.16 bits per heavy atom. The van der Waals surface area contributed by atoms with Crippen LogP contribution < -0.4 is 4.74 Å². The van der Waals surface area contributed by atoms with Gasteiger partial charge in [0.15, 0.2) is 11.6 Å². The molecule has 6 heteroatoms. The quantitative estimate of drug-likeness (QED) is 0.591. The monoisotopic (exact) mass is 333 g/mol. The van der Waals surface area contributed by atoms with E-state index in [2.05, 4.69) is 20.7 Å². The second kappa shape index (κ2) is 7.45. The molecule has 0 aliphatic heterocycles. The first-order valence-corrected chi connectivity index (χ1v) is 6.62. The van der Waals surface area contributed by atoms with Gasteiger partial charge in [0.2, 0.25) is 0 Å². The van der Waals surface area contributed by atoms with Crippen LogP contribution in [0, 0.1) is 5.82 Å². The normalized spacial score (nSPS) is 12.3. The summed E-state index contributed by atoms with van der Waals surface area (Å²) in [7, 11) is 4.62. The topological polar surface area (TPSA) is 38.8 Å². The van der Waals surface area contributed by atoms with E-state index in [4.69, 9.17) is 4.74 Å². The van der Waals surface area contributed by atoms with Gasteiger partial charge in [0.1, 0.15) is 4.83 Å². The SMILES string of the molecule is COC(=O)C(Br)CN(C)Cc1ccc(OC)c(F)c1. The summed E-state index contributed by atoms with van der Waals surface area (Å²) < 4.78 is 23.0. The first kappa shape index (κ1) is 15.9. The molecule has 106 valence electrons. The van der Waals surface area contributed by atoms with Crippen molar-refractivity contribution in [1.82, 2.24) is 4.90 Å². The molecule has 4 nitrogen and oxygen atoms in total. The largest absolute Gasteiger partial charge is 0.494 e. The summed E-state index contributed by atoms with van der Waals surface area (Å²) in [6.45, 7) is 1.00. The van der Waals surface area contributed by atoms with E-state index < -0.39 is 10.6 Å². The molecule has 0 bridgehead atoms. The number of nitrogens with zero attached hydrogens (tertiary/aromatic N) is 1. The third kappa shape index (κ3) is 4.80. The number of carbonyl (C=O) groups excluding carboxylic acids is 1. The zero-order chi connectivity index (χ0) is 14.4. The number of alkyl halides is 1. The van der Waals surface area contributed by atoms with E-state index >= 15 is 0 Å². The van der Waals surface area contributed by atoms with Crippen molar-refractivity contribution in [3.8, 4) is 5.75 Å². The van der Waals surface area contributed by atoms with Crippen LogP contribution in [0.1, 0.15) is 5.56 Å². The lowest BCUT2D eigenvalue weighted by Gasteiger charge is -2.19. The fourth-order valence-electron chi connectivity index (χ4n) is 1.66. The summed E-state index contributed by atoms with van der Waals surface area (Å²) in [6.07, 6.45) is 0. The standard InChI is InChI=1S/C13H17BrFNO3/c1-16(8-10(14)13(17)19-3)7-9-4-5-12(18-2)11(15)6-9/h4-6,10H,7-8H2,1-3H3. The number of carbonyl (C=O) groups is 1. The molecule has 1 aromatic carbocycles. The molecule has 0 radical (unpaired) electrons. The van der Waals surface area contributed by atoms with Crippen molar-refractivity contribution in [3.05, 3.63) is 29.6 Å². The van der Waals surface area contributed by atoms with E-state index in [1.54, 1.807) is 12.1 Å². The summed E-state index contributed by atoms with van der Waals surface area (Å²) in [5, 5.41) is 0. The third-order valence-corrected chi connectivity index (χ3v) is 3.26. The molecule has 0 amide bonds. The molecule has 0 aliphatic carbocycles. The summed E-state index contributed by atoms with van der Waals surface area (Å²) in [5.41, 5.74) is 0.811. The molecule has 0 heterocycles. The number of rotatable bonds is 6. The Morgan fingerprint density at radius 1 is 1.47 bits per heavy atom. The highest BCUT2D eigenvalue weighted by Crippen LogP contribution is 2.18. The van der Waals surface area contributed by atoms with Crippen molar-refractivity contribution in [2.75, 3.05) is 27.8 Å². The predicted molar refractivity (Wildman–Crippen MR) is 74.0 cm³/mol. The average Bonchev–Trinajstić information content (AvgIpc) is 2.37. The highest BCUT2D eigenvalue weighted by atomic mass is 79.9. The molecule has 19 heavy (non-hydrogen) atoms. The van der Waals surface area contributed by atoms with Gasteiger partial charge in [-0.05, 0) is 24.7 Å². The summed E-state index contributed by atoms with van der Waals surface area (Å²) >= 11 is 3.24. The van der Waals surface area contributed by atoms with Gasteiger partial charge in [0.05, 0.1) is 14.2 Å². The van der Waals surface area contributed by atoms with Crippen LogP contribution in [0.15, 0.2) is 18.2 Å². The molecule has 0 fully saturated rings. The molecule has 1 aromatic rings. The van der Waals surface area contributed by atoms with Gasteiger partial charge in [-0.1, -0.05) is 22.0 Å². The molecule has 0 saturated carbocycles. The zero-order valence-electron chi connectivity index (χ0n) is 11.2. The van der Waals surface area contributed by atoms with Crippen LogP contribution in [0.4, 0.5) is 4.39 Å². The number of methoxy groups -OCH3 is 2. The first-order chi connectivity index (χ1) is 8.97. The molecule has 1 rings (SSSR count). The highest BCUT2D eigenvalue weighted by Gasteiger charge is 2.17. The average molecular weight is 334 g/mol. The number of benzene rings is 1. The smallest absolute Gasteiger partial charge is 0.320 e. The Kier molecular flexibility index (Phi) is 6.24. The van der Waals surface area contributed by atoms with Gasteiger partial charge in [0, 0.05) is 13.1 Å². The lowest BCUT2D eigenvalue weighted by molar-refractivity contribution is -0.140. The molecule has 1 unspecified atom stereocenters. The van der Waals surface area contributed by atoms with Crippen LogP contribution >= 0.6 is 15.9 Å². The first-order valence-electron chi connectivity index (χ1n) is 5.70. The van der Waals surface area contributed by atoms with E-state index in [0.29, 0.717) is 13.1 Å². The maximum atomic E-state index is 13.5. The van der Waals surface area contributed by atoms with Gasteiger partial charge in [-0.15, -0.1) is 0 Å². The van der Waals surface area contributed by atoms with Crippen LogP contribution in [-0.4, -0.2) is 43.5 Å². The van der Waals surface area contributed by atoms with Crippen molar-refractivity contribution in [1.29, 1.82) is 0 Å². The van der Waals surface area contributed by atoms with Gasteiger partial charge in [-0.25, -0.2) is 4.39 Å². The number of esters is 1. The van der Waals surface area contributed by atoms with Crippen LogP contribution in [0.3, 0.4) is 0 Å². The van der Waals surface area contributed by atoms with E-state index in [1.165, 1.54) is 20.3 Å². The minimum Gasteiger partial charge on any atom is -0.494 e. The Morgan fingerprint density at radius 3 is 2.68 bits per heavy atom. The van der Waals surface area contributed by atoms with E-state index in [1.807, 2.05) is 11.9 Å². The van der Waals surface area contributed by atoms with Gasteiger partial charge in [0.25, 0.3) is 0 Å². The molecule has 0 spiro atoms. The number of halogens is 2. The Bertz CT molecular complexity index is 442. The Labute approximate surface area is 120 Å². The zero-order valence-corrected chi connectivity index (χ0v) is 12.7. The number of hydrogen-bond acceptors (Lipinski definition) is 4. The molecule has 0 aliphatic rings. The lowest BCUT2D eigenvalue weighted by Crippen LogP contribution is -2.31. The number of hydrogen-bond donors (Lipinski definition) is 0. The second-order valence-electron chi connectivity index (χ2n) is 4.16. The predicted octanol–water partition coefficient (Wildman–Crippen LogP) is 2.20. The molecule has 1 atom stereocenters. The van der Waals surface area contributed by atoms with Crippen molar-refractivity contribution in [2.24, 2.45) is 0 Å². The van der Waals surface area contributed by atoms with E-state index in [9.17, 15) is 9.18 Å². The van der Waals surface area contributed by atoms with Crippen molar-refractivity contribution in [3.63, 3.8) is 0 Å². The van der Waals surface area contributed by atoms with E-state index in [-0.39, 0.29) is 11.7 Å². The highest BCUT2D eigenvalue weighted by molar-refractivity contribution is 9.10. The molecular weight excluding hydrogens is 317 g/mol. The Hall–Kier alpha value is -1.14. The van der Waals surface area contributed by atoms with Crippen LogP contribution in [0.25, 0.3) is 0 Å².